The normalized spacial score (nSPS) is 16.4. The third-order valence-electron chi connectivity index (χ3n) is 3.93. The first-order chi connectivity index (χ1) is 13.6. The summed E-state index contributed by atoms with van der Waals surface area (Å²) in [5.74, 6) is -5.69. The number of phenolic OH excluding ortho intramolecular Hbond substituents is 1. The number of benzene rings is 1. The Morgan fingerprint density at radius 3 is 1.87 bits per heavy atom. The fourth-order valence-electron chi connectivity index (χ4n) is 2.87. The quantitative estimate of drug-likeness (QED) is 0.290. The molecule has 0 aliphatic rings. The van der Waals surface area contributed by atoms with E-state index in [1.807, 2.05) is 0 Å². The molecule has 0 aliphatic carbocycles. The molecule has 0 amide bonds. The Bertz CT molecular complexity index is 771. The molecule has 1 rings (SSSR count). The number of hydrogen-bond donors (Lipinski definition) is 2. The van der Waals surface area contributed by atoms with Gasteiger partial charge in [0.2, 0.25) is 0 Å². The van der Waals surface area contributed by atoms with Crippen molar-refractivity contribution in [1.29, 1.82) is 0 Å². The summed E-state index contributed by atoms with van der Waals surface area (Å²) in [6.45, 7) is 3.13. The first-order valence-electron chi connectivity index (χ1n) is 8.81. The topological polar surface area (TPSA) is 85.2 Å². The number of aromatic hydroxyl groups is 1. The summed E-state index contributed by atoms with van der Waals surface area (Å²) in [7, 11) is -5.04. The van der Waals surface area contributed by atoms with E-state index in [-0.39, 0.29) is 5.56 Å². The van der Waals surface area contributed by atoms with Crippen LogP contribution in [-0.4, -0.2) is 42.4 Å². The molecule has 0 aliphatic heterocycles. The average Bonchev–Trinajstić information content (AvgIpc) is 2.56. The molecule has 1 aromatic rings. The Morgan fingerprint density at radius 2 is 1.50 bits per heavy atom. The predicted octanol–water partition coefficient (Wildman–Crippen LogP) is 5.31. The van der Waals surface area contributed by atoms with Crippen LogP contribution in [0.2, 0.25) is 0 Å². The van der Waals surface area contributed by atoms with E-state index in [1.54, 1.807) is 0 Å². The van der Waals surface area contributed by atoms with E-state index in [1.165, 1.54) is 13.8 Å². The summed E-state index contributed by atoms with van der Waals surface area (Å²) in [6.07, 6.45) is -10.9. The van der Waals surface area contributed by atoms with E-state index in [4.69, 9.17) is 9.05 Å². The van der Waals surface area contributed by atoms with Gasteiger partial charge in [-0.15, -0.1) is 0 Å². The molecule has 6 nitrogen and oxygen atoms in total. The molecular weight excluding hydrogens is 445 g/mol. The molecule has 13 heteroatoms. The molecule has 0 aromatic heterocycles. The summed E-state index contributed by atoms with van der Waals surface area (Å²) >= 11 is 0. The van der Waals surface area contributed by atoms with Crippen molar-refractivity contribution in [3.05, 3.63) is 28.8 Å². The van der Waals surface area contributed by atoms with Crippen molar-refractivity contribution in [3.8, 4) is 5.75 Å². The number of halogens is 6. The van der Waals surface area contributed by atoms with Crippen LogP contribution in [0.3, 0.4) is 0 Å². The molecule has 0 heterocycles. The lowest BCUT2D eigenvalue weighted by Gasteiger charge is -2.33. The number of alkyl halides is 6. The monoisotopic (exact) mass is 468 g/mol. The van der Waals surface area contributed by atoms with Crippen molar-refractivity contribution in [2.45, 2.75) is 51.5 Å². The van der Waals surface area contributed by atoms with Crippen LogP contribution in [0.5, 0.6) is 5.75 Å². The minimum Gasteiger partial charge on any atom is -0.507 e. The smallest absolute Gasteiger partial charge is 0.448 e. The van der Waals surface area contributed by atoms with E-state index < -0.39 is 68.1 Å². The third kappa shape index (κ3) is 5.28. The Labute approximate surface area is 169 Å². The van der Waals surface area contributed by atoms with Crippen molar-refractivity contribution in [1.82, 2.24) is 0 Å². The van der Waals surface area contributed by atoms with Gasteiger partial charge >= 0.3 is 19.9 Å². The van der Waals surface area contributed by atoms with Gasteiger partial charge in [-0.2, -0.15) is 26.3 Å². The summed E-state index contributed by atoms with van der Waals surface area (Å²) in [5, 5.41) is 20.5. The molecule has 2 atom stereocenters. The molecule has 1 aromatic carbocycles. The van der Waals surface area contributed by atoms with Gasteiger partial charge in [0, 0.05) is 12.2 Å². The van der Waals surface area contributed by atoms with Crippen LogP contribution in [0.1, 0.15) is 43.1 Å². The van der Waals surface area contributed by atoms with Gasteiger partial charge in [-0.25, -0.2) is 0 Å². The van der Waals surface area contributed by atoms with Gasteiger partial charge in [-0.1, -0.05) is 11.6 Å². The van der Waals surface area contributed by atoms with E-state index in [9.17, 15) is 41.1 Å². The van der Waals surface area contributed by atoms with Crippen LogP contribution < -0.4 is 0 Å². The molecule has 0 radical (unpaired) electrons. The minimum absolute atomic E-state index is 0.200. The molecule has 30 heavy (non-hydrogen) atoms. The van der Waals surface area contributed by atoms with Gasteiger partial charge in [0.05, 0.1) is 18.8 Å². The standard InChI is InChI=1S/C17H23F6O6P/c1-5-27-15(25,17(21,22)23)12-9-10(4)8-11(13(12)24)14(16(18,19)20)30(26,28-6-2)29-7-3/h8-9,14,24-25H,5-7H2,1-4H3/t14-,15?/m0/s1. The molecule has 0 fully saturated rings. The second-order valence-electron chi connectivity index (χ2n) is 6.14. The van der Waals surface area contributed by atoms with Crippen LogP contribution in [-0.2, 0) is 24.1 Å². The van der Waals surface area contributed by atoms with Crippen LogP contribution in [0.15, 0.2) is 12.1 Å². The van der Waals surface area contributed by atoms with Gasteiger partial charge in [0.1, 0.15) is 5.75 Å². The first-order valence-corrected chi connectivity index (χ1v) is 10.4. The van der Waals surface area contributed by atoms with Crippen LogP contribution in [0.25, 0.3) is 0 Å². The van der Waals surface area contributed by atoms with Gasteiger partial charge in [0.15, 0.2) is 5.66 Å². The summed E-state index contributed by atoms with van der Waals surface area (Å²) in [6, 6.07) is 1.33. The Kier molecular flexibility index (Phi) is 8.40. The van der Waals surface area contributed by atoms with Gasteiger partial charge in [0.25, 0.3) is 5.79 Å². The highest BCUT2D eigenvalue weighted by atomic mass is 31.2. The maximum atomic E-state index is 13.9. The van der Waals surface area contributed by atoms with Crippen LogP contribution in [0, 0.1) is 6.92 Å². The van der Waals surface area contributed by atoms with Crippen LogP contribution >= 0.6 is 7.60 Å². The van der Waals surface area contributed by atoms with Crippen molar-refractivity contribution >= 4 is 7.60 Å². The summed E-state index contributed by atoms with van der Waals surface area (Å²) < 4.78 is 109. The Morgan fingerprint density at radius 1 is 1.00 bits per heavy atom. The lowest BCUT2D eigenvalue weighted by atomic mass is 9.95. The zero-order valence-corrected chi connectivity index (χ0v) is 17.5. The first kappa shape index (κ1) is 26.7. The Balaban J connectivity index is 3.93. The van der Waals surface area contributed by atoms with Crippen molar-refractivity contribution in [2.75, 3.05) is 19.8 Å². The number of rotatable bonds is 9. The van der Waals surface area contributed by atoms with E-state index in [0.717, 1.165) is 13.8 Å². The number of hydrogen-bond acceptors (Lipinski definition) is 6. The van der Waals surface area contributed by atoms with Crippen LogP contribution in [0.4, 0.5) is 26.3 Å². The highest BCUT2D eigenvalue weighted by molar-refractivity contribution is 7.54. The average molecular weight is 468 g/mol. The van der Waals surface area contributed by atoms with E-state index >= 15 is 0 Å². The third-order valence-corrected chi connectivity index (χ3v) is 6.36. The van der Waals surface area contributed by atoms with E-state index in [0.29, 0.717) is 12.1 Å². The highest BCUT2D eigenvalue weighted by Gasteiger charge is 2.60. The van der Waals surface area contributed by atoms with Gasteiger partial charge in [-0.05, 0) is 33.8 Å². The summed E-state index contributed by atoms with van der Waals surface area (Å²) in [4.78, 5) is 0. The molecule has 0 saturated heterocycles. The maximum Gasteiger partial charge on any atom is 0.448 e. The largest absolute Gasteiger partial charge is 0.507 e. The van der Waals surface area contributed by atoms with Crippen molar-refractivity contribution < 1.29 is 54.9 Å². The SMILES string of the molecule is CCOC(O)(c1cc(C)cc([C@@H](C(F)(F)F)P(=O)(OCC)OCC)c1O)C(F)(F)F. The second-order valence-corrected chi connectivity index (χ2v) is 8.26. The molecule has 0 saturated carbocycles. The van der Waals surface area contributed by atoms with Gasteiger partial charge in [-0.3, -0.25) is 4.57 Å². The number of ether oxygens (including phenoxy) is 1. The second kappa shape index (κ2) is 9.44. The zero-order chi connectivity index (χ0) is 23.5. The lowest BCUT2D eigenvalue weighted by molar-refractivity contribution is -0.374. The molecule has 0 spiro atoms. The fourth-order valence-corrected chi connectivity index (χ4v) is 4.86. The molecule has 174 valence electrons. The summed E-state index contributed by atoms with van der Waals surface area (Å²) in [5.41, 5.74) is -5.89. The van der Waals surface area contributed by atoms with Crippen molar-refractivity contribution in [3.63, 3.8) is 0 Å². The van der Waals surface area contributed by atoms with Gasteiger partial charge < -0.3 is 24.0 Å². The molecule has 0 bridgehead atoms. The van der Waals surface area contributed by atoms with E-state index in [2.05, 4.69) is 4.74 Å². The number of aliphatic hydroxyl groups is 1. The predicted molar refractivity (Wildman–Crippen MR) is 94.1 cm³/mol. The minimum atomic E-state index is -5.51. The van der Waals surface area contributed by atoms with Crippen molar-refractivity contribution in [2.24, 2.45) is 0 Å². The highest BCUT2D eigenvalue weighted by Crippen LogP contribution is 2.68. The molecular formula is C17H23F6O6P. The number of aryl methyl sites for hydroxylation is 1. The maximum absolute atomic E-state index is 13.9. The fraction of sp³-hybridized carbons (Fsp3) is 0.647. The number of phenols is 1. The lowest BCUT2D eigenvalue weighted by Crippen LogP contribution is -2.45. The molecule has 2 N–H and O–H groups in total. The molecule has 1 unspecified atom stereocenters. The Hall–Kier alpha value is -1.33. The zero-order valence-electron chi connectivity index (χ0n) is 16.6.